The van der Waals surface area contributed by atoms with E-state index in [2.05, 4.69) is 11.6 Å². The monoisotopic (exact) mass is 356 g/mol. The minimum atomic E-state index is -3.29. The average molecular weight is 356 g/mol. The normalized spacial score (nSPS) is 21.2. The predicted octanol–water partition coefficient (Wildman–Crippen LogP) is 1.93. The van der Waals surface area contributed by atoms with Crippen molar-refractivity contribution in [3.63, 3.8) is 0 Å². The molecule has 0 saturated carbocycles. The SMILES string of the molecule is CCC[C@@H]1CN(C(=O)CCc2ccc(F)cc2)C[C@H]1NS(C)(=O)=O. The van der Waals surface area contributed by atoms with E-state index in [9.17, 15) is 17.6 Å². The molecular weight excluding hydrogens is 331 g/mol. The lowest BCUT2D eigenvalue weighted by atomic mass is 9.99. The van der Waals surface area contributed by atoms with Crippen molar-refractivity contribution in [1.29, 1.82) is 0 Å². The molecule has 0 spiro atoms. The first-order valence-electron chi connectivity index (χ1n) is 8.28. The van der Waals surface area contributed by atoms with E-state index in [4.69, 9.17) is 0 Å². The van der Waals surface area contributed by atoms with Gasteiger partial charge in [0.2, 0.25) is 15.9 Å². The van der Waals surface area contributed by atoms with E-state index in [0.29, 0.717) is 25.9 Å². The van der Waals surface area contributed by atoms with Crippen LogP contribution in [0.5, 0.6) is 0 Å². The Balaban J connectivity index is 1.93. The highest BCUT2D eigenvalue weighted by molar-refractivity contribution is 7.88. The molecule has 1 amide bonds. The van der Waals surface area contributed by atoms with E-state index in [0.717, 1.165) is 24.7 Å². The molecular formula is C17H25FN2O3S. The molecule has 0 bridgehead atoms. The van der Waals surface area contributed by atoms with Crippen molar-refractivity contribution in [1.82, 2.24) is 9.62 Å². The average Bonchev–Trinajstić information content (AvgIpc) is 2.88. The first-order valence-corrected chi connectivity index (χ1v) is 10.2. The van der Waals surface area contributed by atoms with Gasteiger partial charge >= 0.3 is 0 Å². The lowest BCUT2D eigenvalue weighted by Crippen LogP contribution is -2.40. The van der Waals surface area contributed by atoms with E-state index in [1.807, 2.05) is 0 Å². The number of nitrogens with one attached hydrogen (secondary N) is 1. The third-order valence-corrected chi connectivity index (χ3v) is 5.09. The van der Waals surface area contributed by atoms with Gasteiger partial charge in [-0.05, 0) is 36.5 Å². The molecule has 0 aliphatic carbocycles. The maximum Gasteiger partial charge on any atom is 0.222 e. The van der Waals surface area contributed by atoms with Crippen molar-refractivity contribution in [2.24, 2.45) is 5.92 Å². The van der Waals surface area contributed by atoms with Gasteiger partial charge in [-0.1, -0.05) is 25.5 Å². The second-order valence-corrected chi connectivity index (χ2v) is 8.25. The summed E-state index contributed by atoms with van der Waals surface area (Å²) in [6.45, 7) is 3.06. The van der Waals surface area contributed by atoms with Gasteiger partial charge in [-0.2, -0.15) is 0 Å². The number of sulfonamides is 1. The fourth-order valence-corrected chi connectivity index (χ4v) is 4.02. The number of carbonyl (C=O) groups is 1. The van der Waals surface area contributed by atoms with Crippen LogP contribution in [0.25, 0.3) is 0 Å². The zero-order chi connectivity index (χ0) is 17.7. The van der Waals surface area contributed by atoms with Crippen LogP contribution < -0.4 is 4.72 Å². The van der Waals surface area contributed by atoms with Crippen molar-refractivity contribution in [3.8, 4) is 0 Å². The number of nitrogens with zero attached hydrogens (tertiary/aromatic N) is 1. The molecule has 134 valence electrons. The number of benzene rings is 1. The molecule has 1 aliphatic rings. The summed E-state index contributed by atoms with van der Waals surface area (Å²) in [6.07, 6.45) is 3.88. The standard InChI is InChI=1S/C17H25FN2O3S/c1-3-4-14-11-20(12-16(14)19-24(2,22)23)17(21)10-7-13-5-8-15(18)9-6-13/h5-6,8-9,14,16,19H,3-4,7,10-12H2,1-2H3/t14-,16-/m1/s1. The van der Waals surface area contributed by atoms with Gasteiger partial charge in [0.05, 0.1) is 6.26 Å². The van der Waals surface area contributed by atoms with Gasteiger partial charge in [0, 0.05) is 25.6 Å². The second kappa shape index (κ2) is 8.07. The topological polar surface area (TPSA) is 66.5 Å². The van der Waals surface area contributed by atoms with Crippen molar-refractivity contribution < 1.29 is 17.6 Å². The van der Waals surface area contributed by atoms with Gasteiger partial charge in [0.15, 0.2) is 0 Å². The van der Waals surface area contributed by atoms with Gasteiger partial charge in [-0.25, -0.2) is 17.5 Å². The summed E-state index contributed by atoms with van der Waals surface area (Å²) < 4.78 is 38.6. The van der Waals surface area contributed by atoms with Crippen LogP contribution in [0.4, 0.5) is 4.39 Å². The van der Waals surface area contributed by atoms with E-state index >= 15 is 0 Å². The Bertz CT molecular complexity index is 661. The predicted molar refractivity (Wildman–Crippen MR) is 91.5 cm³/mol. The van der Waals surface area contributed by atoms with E-state index in [1.54, 1.807) is 17.0 Å². The molecule has 1 aromatic carbocycles. The first kappa shape index (κ1) is 18.9. The fourth-order valence-electron chi connectivity index (χ4n) is 3.21. The summed E-state index contributed by atoms with van der Waals surface area (Å²) in [6, 6.07) is 5.92. The zero-order valence-corrected chi connectivity index (χ0v) is 15.0. The first-order chi connectivity index (χ1) is 11.3. The largest absolute Gasteiger partial charge is 0.341 e. The lowest BCUT2D eigenvalue weighted by Gasteiger charge is -2.17. The smallest absolute Gasteiger partial charge is 0.222 e. The highest BCUT2D eigenvalue weighted by atomic mass is 32.2. The molecule has 1 saturated heterocycles. The summed E-state index contributed by atoms with van der Waals surface area (Å²) in [5.41, 5.74) is 0.917. The third kappa shape index (κ3) is 5.56. The van der Waals surface area contributed by atoms with E-state index in [1.165, 1.54) is 12.1 Å². The maximum absolute atomic E-state index is 12.9. The molecule has 1 fully saturated rings. The summed E-state index contributed by atoms with van der Waals surface area (Å²) in [7, 11) is -3.29. The molecule has 0 unspecified atom stereocenters. The number of aryl methyl sites for hydroxylation is 1. The highest BCUT2D eigenvalue weighted by Crippen LogP contribution is 2.23. The summed E-state index contributed by atoms with van der Waals surface area (Å²) in [4.78, 5) is 14.2. The van der Waals surface area contributed by atoms with Crippen molar-refractivity contribution >= 4 is 15.9 Å². The Morgan fingerprint density at radius 1 is 1.29 bits per heavy atom. The molecule has 1 heterocycles. The fraction of sp³-hybridized carbons (Fsp3) is 0.588. The molecule has 24 heavy (non-hydrogen) atoms. The van der Waals surface area contributed by atoms with Gasteiger partial charge in [-0.15, -0.1) is 0 Å². The Morgan fingerprint density at radius 3 is 2.54 bits per heavy atom. The van der Waals surface area contributed by atoms with Gasteiger partial charge < -0.3 is 4.90 Å². The Morgan fingerprint density at radius 2 is 1.96 bits per heavy atom. The summed E-state index contributed by atoms with van der Waals surface area (Å²) in [5.74, 6) is -0.126. The van der Waals surface area contributed by atoms with Crippen molar-refractivity contribution in [2.75, 3.05) is 19.3 Å². The number of amides is 1. The Hall–Kier alpha value is -1.47. The summed E-state index contributed by atoms with van der Waals surface area (Å²) >= 11 is 0. The molecule has 1 aromatic rings. The van der Waals surface area contributed by atoms with Crippen molar-refractivity contribution in [3.05, 3.63) is 35.6 Å². The molecule has 2 rings (SSSR count). The van der Waals surface area contributed by atoms with Crippen LogP contribution in [0.1, 0.15) is 31.7 Å². The van der Waals surface area contributed by atoms with Crippen LogP contribution in [0.2, 0.25) is 0 Å². The molecule has 1 aliphatic heterocycles. The number of hydrogen-bond acceptors (Lipinski definition) is 3. The maximum atomic E-state index is 12.9. The number of likely N-dealkylation sites (tertiary alicyclic amines) is 1. The quantitative estimate of drug-likeness (QED) is 0.812. The minimum absolute atomic E-state index is 0.0122. The molecule has 0 aromatic heterocycles. The molecule has 7 heteroatoms. The van der Waals surface area contributed by atoms with Gasteiger partial charge in [-0.3, -0.25) is 4.79 Å². The van der Waals surface area contributed by atoms with Gasteiger partial charge in [0.1, 0.15) is 5.82 Å². The van der Waals surface area contributed by atoms with Gasteiger partial charge in [0.25, 0.3) is 0 Å². The van der Waals surface area contributed by atoms with Crippen LogP contribution in [-0.2, 0) is 21.2 Å². The highest BCUT2D eigenvalue weighted by Gasteiger charge is 2.35. The number of hydrogen-bond donors (Lipinski definition) is 1. The molecule has 0 radical (unpaired) electrons. The lowest BCUT2D eigenvalue weighted by molar-refractivity contribution is -0.130. The Labute approximate surface area is 143 Å². The van der Waals surface area contributed by atoms with Crippen LogP contribution in [-0.4, -0.2) is 44.6 Å². The zero-order valence-electron chi connectivity index (χ0n) is 14.2. The second-order valence-electron chi connectivity index (χ2n) is 6.47. The number of rotatable bonds is 7. The van der Waals surface area contributed by atoms with Crippen LogP contribution in [0.15, 0.2) is 24.3 Å². The minimum Gasteiger partial charge on any atom is -0.341 e. The van der Waals surface area contributed by atoms with Crippen LogP contribution in [0, 0.1) is 11.7 Å². The number of carbonyl (C=O) groups excluding carboxylic acids is 1. The van der Waals surface area contributed by atoms with Crippen LogP contribution >= 0.6 is 0 Å². The molecule has 1 N–H and O–H groups in total. The molecule has 5 nitrogen and oxygen atoms in total. The summed E-state index contributed by atoms with van der Waals surface area (Å²) in [5, 5.41) is 0. The molecule has 2 atom stereocenters. The Kier molecular flexibility index (Phi) is 6.34. The third-order valence-electron chi connectivity index (χ3n) is 4.36. The van der Waals surface area contributed by atoms with E-state index in [-0.39, 0.29) is 23.7 Å². The van der Waals surface area contributed by atoms with E-state index < -0.39 is 10.0 Å². The van der Waals surface area contributed by atoms with Crippen LogP contribution in [0.3, 0.4) is 0 Å². The van der Waals surface area contributed by atoms with Crippen molar-refractivity contribution in [2.45, 2.75) is 38.6 Å². The number of halogens is 1.